The molecule has 0 spiro atoms. The average Bonchev–Trinajstić information content (AvgIpc) is 2.25. The van der Waals surface area contributed by atoms with Crippen LogP contribution in [0.25, 0.3) is 0 Å². The third-order valence-electron chi connectivity index (χ3n) is 2.88. The summed E-state index contributed by atoms with van der Waals surface area (Å²) in [6.07, 6.45) is 3.60. The zero-order valence-corrected chi connectivity index (χ0v) is 10.1. The minimum atomic E-state index is -2.67. The third kappa shape index (κ3) is 3.58. The molecule has 0 heterocycles. The number of hydrogen-bond acceptors (Lipinski definition) is 0. The molecule has 0 aromatic heterocycles. The highest BCUT2D eigenvalue weighted by Gasteiger charge is 2.31. The predicted molar refractivity (Wildman–Crippen MR) is 63.8 cm³/mol. The second-order valence-electron chi connectivity index (χ2n) is 4.33. The summed E-state index contributed by atoms with van der Waals surface area (Å²) < 4.78 is 27.7. The lowest BCUT2D eigenvalue weighted by molar-refractivity contribution is -0.0164. The van der Waals surface area contributed by atoms with Crippen molar-refractivity contribution in [3.8, 4) is 0 Å². The van der Waals surface area contributed by atoms with Crippen molar-refractivity contribution in [3.05, 3.63) is 35.4 Å². The Kier molecular flexibility index (Phi) is 4.91. The molecule has 0 amide bonds. The zero-order valence-electron chi connectivity index (χ0n) is 10.1. The maximum Gasteiger partial charge on any atom is 0.273 e. The lowest BCUT2D eigenvalue weighted by atomic mass is 9.98. The number of rotatable bonds is 6. The van der Waals surface area contributed by atoms with Crippen molar-refractivity contribution in [2.24, 2.45) is 0 Å². The Morgan fingerprint density at radius 2 is 1.75 bits per heavy atom. The monoisotopic (exact) mass is 226 g/mol. The lowest BCUT2D eigenvalue weighted by Gasteiger charge is -2.18. The SMILES string of the molecule is CCCCCCC(F)(F)c1ccccc1C. The molecule has 0 bridgehead atoms. The minimum absolute atomic E-state index is 0.0299. The van der Waals surface area contributed by atoms with Gasteiger partial charge in [0.25, 0.3) is 5.92 Å². The lowest BCUT2D eigenvalue weighted by Crippen LogP contribution is -2.14. The van der Waals surface area contributed by atoms with E-state index in [4.69, 9.17) is 0 Å². The molecule has 16 heavy (non-hydrogen) atoms. The van der Waals surface area contributed by atoms with Gasteiger partial charge in [-0.05, 0) is 18.9 Å². The van der Waals surface area contributed by atoms with E-state index in [1.807, 2.05) is 0 Å². The van der Waals surface area contributed by atoms with Gasteiger partial charge in [0.15, 0.2) is 0 Å². The molecule has 0 N–H and O–H groups in total. The van der Waals surface area contributed by atoms with E-state index in [0.717, 1.165) is 19.3 Å². The smallest absolute Gasteiger partial charge is 0.201 e. The van der Waals surface area contributed by atoms with Gasteiger partial charge in [-0.25, -0.2) is 8.78 Å². The molecule has 2 heteroatoms. The first kappa shape index (κ1) is 13.1. The van der Waals surface area contributed by atoms with Crippen LogP contribution in [0.15, 0.2) is 24.3 Å². The summed E-state index contributed by atoms with van der Waals surface area (Å²) in [5, 5.41) is 0. The highest BCUT2D eigenvalue weighted by atomic mass is 19.3. The number of alkyl halides is 2. The molecular formula is C14H20F2. The van der Waals surface area contributed by atoms with Crippen LogP contribution in [-0.2, 0) is 5.92 Å². The molecular weight excluding hydrogens is 206 g/mol. The first-order valence-electron chi connectivity index (χ1n) is 6.02. The summed E-state index contributed by atoms with van der Waals surface area (Å²) in [6, 6.07) is 6.76. The molecule has 0 nitrogen and oxygen atoms in total. The van der Waals surface area contributed by atoms with Crippen molar-refractivity contribution in [3.63, 3.8) is 0 Å². The maximum absolute atomic E-state index is 13.8. The van der Waals surface area contributed by atoms with E-state index in [1.54, 1.807) is 25.1 Å². The van der Waals surface area contributed by atoms with Gasteiger partial charge in [0.1, 0.15) is 0 Å². The predicted octanol–water partition coefficient (Wildman–Crippen LogP) is 5.06. The average molecular weight is 226 g/mol. The second-order valence-corrected chi connectivity index (χ2v) is 4.33. The number of unbranched alkanes of at least 4 members (excludes halogenated alkanes) is 3. The second kappa shape index (κ2) is 5.97. The van der Waals surface area contributed by atoms with Crippen LogP contribution in [-0.4, -0.2) is 0 Å². The van der Waals surface area contributed by atoms with Gasteiger partial charge in [0.05, 0.1) is 0 Å². The fourth-order valence-electron chi connectivity index (χ4n) is 1.89. The molecule has 0 aliphatic heterocycles. The first-order chi connectivity index (χ1) is 7.58. The summed E-state index contributed by atoms with van der Waals surface area (Å²) in [4.78, 5) is 0. The Bertz CT molecular complexity index is 318. The quantitative estimate of drug-likeness (QED) is 0.595. The van der Waals surface area contributed by atoms with Crippen molar-refractivity contribution < 1.29 is 8.78 Å². The summed E-state index contributed by atoms with van der Waals surface area (Å²) in [6.45, 7) is 3.83. The molecule has 0 saturated heterocycles. The van der Waals surface area contributed by atoms with Crippen LogP contribution in [0.1, 0.15) is 50.2 Å². The normalized spacial score (nSPS) is 11.8. The topological polar surface area (TPSA) is 0 Å². The number of halogens is 2. The Morgan fingerprint density at radius 1 is 1.06 bits per heavy atom. The van der Waals surface area contributed by atoms with Crippen LogP contribution in [0.3, 0.4) is 0 Å². The van der Waals surface area contributed by atoms with Crippen LogP contribution >= 0.6 is 0 Å². The standard InChI is InChI=1S/C14H20F2/c1-3-4-5-8-11-14(15,16)13-10-7-6-9-12(13)2/h6-7,9-10H,3-5,8,11H2,1-2H3. The number of hydrogen-bond donors (Lipinski definition) is 0. The molecule has 0 atom stereocenters. The largest absolute Gasteiger partial charge is 0.273 e. The minimum Gasteiger partial charge on any atom is -0.201 e. The molecule has 1 aromatic carbocycles. The molecule has 0 radical (unpaired) electrons. The first-order valence-corrected chi connectivity index (χ1v) is 6.02. The molecule has 0 unspecified atom stereocenters. The van der Waals surface area contributed by atoms with Crippen molar-refractivity contribution in [2.45, 2.75) is 51.9 Å². The summed E-state index contributed by atoms with van der Waals surface area (Å²) in [7, 11) is 0. The molecule has 0 saturated carbocycles. The molecule has 1 aromatic rings. The molecule has 0 aliphatic rings. The third-order valence-corrected chi connectivity index (χ3v) is 2.88. The summed E-state index contributed by atoms with van der Waals surface area (Å²) in [5.41, 5.74) is 0.870. The molecule has 0 fully saturated rings. The summed E-state index contributed by atoms with van der Waals surface area (Å²) in [5.74, 6) is -2.67. The van der Waals surface area contributed by atoms with Gasteiger partial charge in [0.2, 0.25) is 0 Å². The molecule has 0 aliphatic carbocycles. The van der Waals surface area contributed by atoms with Crippen molar-refractivity contribution >= 4 is 0 Å². The van der Waals surface area contributed by atoms with Gasteiger partial charge < -0.3 is 0 Å². The van der Waals surface area contributed by atoms with Gasteiger partial charge in [-0.3, -0.25) is 0 Å². The van der Waals surface area contributed by atoms with Crippen molar-refractivity contribution in [2.75, 3.05) is 0 Å². The Balaban J connectivity index is 2.59. The van der Waals surface area contributed by atoms with Crippen LogP contribution in [0.4, 0.5) is 8.78 Å². The van der Waals surface area contributed by atoms with E-state index in [0.29, 0.717) is 12.0 Å². The number of benzene rings is 1. The van der Waals surface area contributed by atoms with Crippen LogP contribution in [0.5, 0.6) is 0 Å². The van der Waals surface area contributed by atoms with Crippen LogP contribution < -0.4 is 0 Å². The van der Waals surface area contributed by atoms with Crippen LogP contribution in [0.2, 0.25) is 0 Å². The van der Waals surface area contributed by atoms with Gasteiger partial charge >= 0.3 is 0 Å². The van der Waals surface area contributed by atoms with Gasteiger partial charge in [-0.15, -0.1) is 0 Å². The van der Waals surface area contributed by atoms with E-state index >= 15 is 0 Å². The van der Waals surface area contributed by atoms with Crippen molar-refractivity contribution in [1.82, 2.24) is 0 Å². The van der Waals surface area contributed by atoms with Crippen LogP contribution in [0, 0.1) is 6.92 Å². The van der Waals surface area contributed by atoms with E-state index in [2.05, 4.69) is 6.92 Å². The Hall–Kier alpha value is -0.920. The fraction of sp³-hybridized carbons (Fsp3) is 0.571. The molecule has 90 valence electrons. The van der Waals surface area contributed by atoms with Gasteiger partial charge in [-0.1, -0.05) is 50.5 Å². The Morgan fingerprint density at radius 3 is 2.38 bits per heavy atom. The number of aryl methyl sites for hydroxylation is 1. The Labute approximate surface area is 96.7 Å². The van der Waals surface area contributed by atoms with E-state index in [9.17, 15) is 8.78 Å². The highest BCUT2D eigenvalue weighted by Crippen LogP contribution is 2.35. The van der Waals surface area contributed by atoms with E-state index in [1.165, 1.54) is 6.07 Å². The summed E-state index contributed by atoms with van der Waals surface area (Å²) >= 11 is 0. The maximum atomic E-state index is 13.8. The van der Waals surface area contributed by atoms with E-state index in [-0.39, 0.29) is 12.0 Å². The van der Waals surface area contributed by atoms with E-state index < -0.39 is 5.92 Å². The fourth-order valence-corrected chi connectivity index (χ4v) is 1.89. The highest BCUT2D eigenvalue weighted by molar-refractivity contribution is 5.29. The zero-order chi connectivity index (χ0) is 12.0. The van der Waals surface area contributed by atoms with Gasteiger partial charge in [-0.2, -0.15) is 0 Å². The molecule has 1 rings (SSSR count). The van der Waals surface area contributed by atoms with Gasteiger partial charge in [0, 0.05) is 12.0 Å². The van der Waals surface area contributed by atoms with Crippen molar-refractivity contribution in [1.29, 1.82) is 0 Å².